The Morgan fingerprint density at radius 1 is 1.48 bits per heavy atom. The van der Waals surface area contributed by atoms with Gasteiger partial charge >= 0.3 is 0 Å². The van der Waals surface area contributed by atoms with E-state index >= 15 is 0 Å². The normalized spacial score (nSPS) is 14.3. The number of nitrogens with zero attached hydrogens (tertiary/aromatic N) is 2. The average Bonchev–Trinajstić information content (AvgIpc) is 2.98. The third kappa shape index (κ3) is 5.24. The number of phenolic OH excluding ortho intramolecular Hbond substituents is 1. The summed E-state index contributed by atoms with van der Waals surface area (Å²) in [5.41, 5.74) is 1.20. The predicted octanol–water partition coefficient (Wildman–Crippen LogP) is 1.65. The van der Waals surface area contributed by atoms with Gasteiger partial charge in [0.15, 0.2) is 0 Å². The molecule has 0 unspecified atom stereocenters. The summed E-state index contributed by atoms with van der Waals surface area (Å²) in [6.45, 7) is 3.82. The molecule has 2 amide bonds. The smallest absolute Gasteiger partial charge is 0.267 e. The molecule has 3 N–H and O–H groups in total. The first-order valence-corrected chi connectivity index (χ1v) is 8.23. The molecular formula is C18H22N4O3. The molecule has 0 aromatic heterocycles. The number of nitriles is 1. The van der Waals surface area contributed by atoms with Gasteiger partial charge in [-0.1, -0.05) is 0 Å². The Hall–Kier alpha value is -3.01. The molecule has 1 fully saturated rings. The number of carbonyl (C=O) groups is 2. The van der Waals surface area contributed by atoms with Crippen LogP contribution in [0.3, 0.4) is 0 Å². The fourth-order valence-corrected chi connectivity index (χ4v) is 2.61. The van der Waals surface area contributed by atoms with Crippen LogP contribution in [0.2, 0.25) is 0 Å². The standard InChI is InChI=1S/C18H22N4O3/c1-13-10-15(23)5-6-16(13)21-18(25)14(11-19)12-20-7-3-9-22-8-2-4-17(22)24/h5-6,10,12,20,23H,2-4,7-9H2,1H3,(H,21,25)/b14-12-. The van der Waals surface area contributed by atoms with Gasteiger partial charge in [-0.15, -0.1) is 0 Å². The molecule has 0 aliphatic carbocycles. The number of carbonyl (C=O) groups excluding carboxylic acids is 2. The second-order valence-electron chi connectivity index (χ2n) is 5.92. The monoisotopic (exact) mass is 342 g/mol. The molecule has 1 heterocycles. The van der Waals surface area contributed by atoms with Crippen LogP contribution in [0.5, 0.6) is 5.75 Å². The quantitative estimate of drug-likeness (QED) is 0.302. The van der Waals surface area contributed by atoms with Crippen molar-refractivity contribution in [3.05, 3.63) is 35.5 Å². The number of phenols is 1. The lowest BCUT2D eigenvalue weighted by Crippen LogP contribution is -2.27. The first kappa shape index (κ1) is 18.3. The molecule has 25 heavy (non-hydrogen) atoms. The van der Waals surface area contributed by atoms with E-state index in [-0.39, 0.29) is 17.2 Å². The van der Waals surface area contributed by atoms with E-state index in [9.17, 15) is 14.7 Å². The molecule has 1 aliphatic heterocycles. The fourth-order valence-electron chi connectivity index (χ4n) is 2.61. The van der Waals surface area contributed by atoms with Gasteiger partial charge in [0.05, 0.1) is 0 Å². The van der Waals surface area contributed by atoms with Gasteiger partial charge in [-0.05, 0) is 43.5 Å². The maximum Gasteiger partial charge on any atom is 0.267 e. The lowest BCUT2D eigenvalue weighted by Gasteiger charge is -2.14. The largest absolute Gasteiger partial charge is 0.508 e. The van der Waals surface area contributed by atoms with Gasteiger partial charge in [-0.3, -0.25) is 9.59 Å². The van der Waals surface area contributed by atoms with Crippen LogP contribution in [0.1, 0.15) is 24.8 Å². The summed E-state index contributed by atoms with van der Waals surface area (Å²) in [5, 5.41) is 24.1. The predicted molar refractivity (Wildman–Crippen MR) is 93.6 cm³/mol. The molecule has 0 bridgehead atoms. The number of amides is 2. The summed E-state index contributed by atoms with van der Waals surface area (Å²) in [6.07, 6.45) is 3.68. The molecule has 1 saturated heterocycles. The van der Waals surface area contributed by atoms with Crippen LogP contribution < -0.4 is 10.6 Å². The van der Waals surface area contributed by atoms with Crippen molar-refractivity contribution in [2.24, 2.45) is 0 Å². The number of aromatic hydroxyl groups is 1. The second-order valence-corrected chi connectivity index (χ2v) is 5.92. The highest BCUT2D eigenvalue weighted by molar-refractivity contribution is 6.06. The van der Waals surface area contributed by atoms with Gasteiger partial charge in [-0.25, -0.2) is 0 Å². The van der Waals surface area contributed by atoms with E-state index in [0.29, 0.717) is 30.8 Å². The summed E-state index contributed by atoms with van der Waals surface area (Å²) < 4.78 is 0. The Morgan fingerprint density at radius 2 is 2.28 bits per heavy atom. The zero-order valence-corrected chi connectivity index (χ0v) is 14.2. The van der Waals surface area contributed by atoms with E-state index in [0.717, 1.165) is 19.4 Å². The highest BCUT2D eigenvalue weighted by Gasteiger charge is 2.18. The van der Waals surface area contributed by atoms with Gasteiger partial charge in [0, 0.05) is 37.9 Å². The van der Waals surface area contributed by atoms with Gasteiger partial charge in [-0.2, -0.15) is 5.26 Å². The number of nitrogens with one attached hydrogen (secondary N) is 2. The first-order valence-electron chi connectivity index (χ1n) is 8.23. The molecule has 0 radical (unpaired) electrons. The number of hydrogen-bond donors (Lipinski definition) is 3. The van der Waals surface area contributed by atoms with E-state index in [1.165, 1.54) is 18.3 Å². The van der Waals surface area contributed by atoms with Crippen molar-refractivity contribution in [2.45, 2.75) is 26.2 Å². The van der Waals surface area contributed by atoms with Gasteiger partial charge in [0.25, 0.3) is 5.91 Å². The Morgan fingerprint density at radius 3 is 2.92 bits per heavy atom. The lowest BCUT2D eigenvalue weighted by molar-refractivity contribution is -0.127. The third-order valence-electron chi connectivity index (χ3n) is 3.99. The summed E-state index contributed by atoms with van der Waals surface area (Å²) in [4.78, 5) is 25.5. The number of likely N-dealkylation sites (tertiary alicyclic amines) is 1. The SMILES string of the molecule is Cc1cc(O)ccc1NC(=O)/C(C#N)=C\NCCCN1CCCC1=O. The topological polar surface area (TPSA) is 105 Å². The maximum atomic E-state index is 12.1. The molecule has 0 saturated carbocycles. The molecule has 1 aromatic carbocycles. The first-order chi connectivity index (χ1) is 12.0. The minimum atomic E-state index is -0.515. The van der Waals surface area contributed by atoms with Crippen LogP contribution in [0.4, 0.5) is 5.69 Å². The summed E-state index contributed by atoms with van der Waals surface area (Å²) in [5.74, 6) is -0.208. The summed E-state index contributed by atoms with van der Waals surface area (Å²) >= 11 is 0. The van der Waals surface area contributed by atoms with Crippen LogP contribution in [0.15, 0.2) is 30.0 Å². The Labute approximate surface area is 146 Å². The molecule has 132 valence electrons. The molecule has 0 atom stereocenters. The van der Waals surface area contributed by atoms with Gasteiger partial charge in [0.2, 0.25) is 5.91 Å². The minimum absolute atomic E-state index is 0.0373. The highest BCUT2D eigenvalue weighted by atomic mass is 16.3. The van der Waals surface area contributed by atoms with Crippen LogP contribution >= 0.6 is 0 Å². The fraction of sp³-hybridized carbons (Fsp3) is 0.389. The van der Waals surface area contributed by atoms with Crippen LogP contribution in [-0.4, -0.2) is 41.5 Å². The number of rotatable bonds is 7. The molecule has 1 aliphatic rings. The van der Waals surface area contributed by atoms with Crippen molar-refractivity contribution in [3.8, 4) is 11.8 Å². The average molecular weight is 342 g/mol. The number of aryl methyl sites for hydroxylation is 1. The van der Waals surface area contributed by atoms with Crippen molar-refractivity contribution in [1.82, 2.24) is 10.2 Å². The summed E-state index contributed by atoms with van der Waals surface area (Å²) in [6, 6.07) is 6.45. The van der Waals surface area contributed by atoms with Crippen molar-refractivity contribution >= 4 is 17.5 Å². The Kier molecular flexibility index (Phi) is 6.40. The van der Waals surface area contributed by atoms with E-state index < -0.39 is 5.91 Å². The van der Waals surface area contributed by atoms with Gasteiger partial charge in [0.1, 0.15) is 17.4 Å². The lowest BCUT2D eigenvalue weighted by atomic mass is 10.2. The number of anilines is 1. The number of hydrogen-bond acceptors (Lipinski definition) is 5. The zero-order valence-electron chi connectivity index (χ0n) is 14.2. The Bertz CT molecular complexity index is 722. The second kappa shape index (κ2) is 8.73. The van der Waals surface area contributed by atoms with Gasteiger partial charge < -0.3 is 20.6 Å². The zero-order chi connectivity index (χ0) is 18.2. The third-order valence-corrected chi connectivity index (χ3v) is 3.99. The van der Waals surface area contributed by atoms with Crippen molar-refractivity contribution in [1.29, 1.82) is 5.26 Å². The van der Waals surface area contributed by atoms with Crippen molar-refractivity contribution in [2.75, 3.05) is 25.0 Å². The highest BCUT2D eigenvalue weighted by Crippen LogP contribution is 2.20. The number of benzene rings is 1. The molecule has 1 aromatic rings. The molecule has 7 heteroatoms. The Balaban J connectivity index is 1.81. The van der Waals surface area contributed by atoms with Crippen molar-refractivity contribution < 1.29 is 14.7 Å². The molecule has 2 rings (SSSR count). The van der Waals surface area contributed by atoms with E-state index in [1.54, 1.807) is 13.0 Å². The van der Waals surface area contributed by atoms with Crippen LogP contribution in [0.25, 0.3) is 0 Å². The minimum Gasteiger partial charge on any atom is -0.508 e. The van der Waals surface area contributed by atoms with E-state index in [1.807, 2.05) is 11.0 Å². The molecular weight excluding hydrogens is 320 g/mol. The maximum absolute atomic E-state index is 12.1. The van der Waals surface area contributed by atoms with Crippen LogP contribution in [-0.2, 0) is 9.59 Å². The summed E-state index contributed by atoms with van der Waals surface area (Å²) in [7, 11) is 0. The van der Waals surface area contributed by atoms with Crippen LogP contribution in [0, 0.1) is 18.3 Å². The van der Waals surface area contributed by atoms with Crippen molar-refractivity contribution in [3.63, 3.8) is 0 Å². The van der Waals surface area contributed by atoms with E-state index in [2.05, 4.69) is 10.6 Å². The molecule has 7 nitrogen and oxygen atoms in total. The van der Waals surface area contributed by atoms with E-state index in [4.69, 9.17) is 5.26 Å². The molecule has 0 spiro atoms.